The fourth-order valence-electron chi connectivity index (χ4n) is 2.96. The Hall–Kier alpha value is -1.84. The minimum absolute atomic E-state index is 0.0365. The smallest absolute Gasteiger partial charge is 0.247 e. The SMILES string of the molecule is CCC1CC1N1C(=O)CNC(=O)C1c1ccccc1. The highest BCUT2D eigenvalue weighted by molar-refractivity contribution is 5.95. The summed E-state index contributed by atoms with van der Waals surface area (Å²) in [6.07, 6.45) is 2.09. The number of nitrogens with one attached hydrogen (secondary N) is 1. The number of nitrogens with zero attached hydrogens (tertiary/aromatic N) is 1. The van der Waals surface area contributed by atoms with E-state index in [4.69, 9.17) is 0 Å². The van der Waals surface area contributed by atoms with Gasteiger partial charge in [-0.3, -0.25) is 9.59 Å². The first-order valence-corrected chi connectivity index (χ1v) is 6.86. The van der Waals surface area contributed by atoms with Crippen molar-refractivity contribution in [2.24, 2.45) is 5.92 Å². The van der Waals surface area contributed by atoms with Crippen LogP contribution in [-0.2, 0) is 9.59 Å². The van der Waals surface area contributed by atoms with E-state index >= 15 is 0 Å². The maximum absolute atomic E-state index is 12.2. The van der Waals surface area contributed by atoms with Crippen LogP contribution in [0.5, 0.6) is 0 Å². The molecule has 1 aliphatic carbocycles. The van der Waals surface area contributed by atoms with Crippen LogP contribution in [0, 0.1) is 5.92 Å². The first-order chi connectivity index (χ1) is 9.22. The lowest BCUT2D eigenvalue weighted by Gasteiger charge is -2.35. The third-order valence-corrected chi connectivity index (χ3v) is 4.11. The summed E-state index contributed by atoms with van der Waals surface area (Å²) in [5, 5.41) is 2.70. The first-order valence-electron chi connectivity index (χ1n) is 6.86. The van der Waals surface area contributed by atoms with Crippen LogP contribution in [0.3, 0.4) is 0 Å². The second-order valence-electron chi connectivity index (χ2n) is 5.30. The second kappa shape index (κ2) is 4.68. The third-order valence-electron chi connectivity index (χ3n) is 4.11. The largest absolute Gasteiger partial charge is 0.345 e. The number of rotatable bonds is 3. The van der Waals surface area contributed by atoms with Gasteiger partial charge in [-0.15, -0.1) is 0 Å². The summed E-state index contributed by atoms with van der Waals surface area (Å²) in [4.78, 5) is 26.2. The van der Waals surface area contributed by atoms with E-state index in [-0.39, 0.29) is 24.4 Å². The van der Waals surface area contributed by atoms with Crippen LogP contribution in [-0.4, -0.2) is 29.3 Å². The molecule has 2 amide bonds. The Labute approximate surface area is 112 Å². The van der Waals surface area contributed by atoms with Crippen molar-refractivity contribution in [3.63, 3.8) is 0 Å². The zero-order valence-electron chi connectivity index (χ0n) is 11.0. The number of piperazine rings is 1. The summed E-state index contributed by atoms with van der Waals surface area (Å²) in [7, 11) is 0. The van der Waals surface area contributed by atoms with Crippen LogP contribution in [0.4, 0.5) is 0 Å². The lowest BCUT2D eigenvalue weighted by molar-refractivity contribution is -0.146. The summed E-state index contributed by atoms with van der Waals surface area (Å²) in [5.74, 6) is 0.531. The monoisotopic (exact) mass is 258 g/mol. The molecule has 100 valence electrons. The molecule has 3 atom stereocenters. The van der Waals surface area contributed by atoms with Crippen molar-refractivity contribution in [1.29, 1.82) is 0 Å². The van der Waals surface area contributed by atoms with Gasteiger partial charge in [0.25, 0.3) is 0 Å². The van der Waals surface area contributed by atoms with Crippen LogP contribution >= 0.6 is 0 Å². The Morgan fingerprint density at radius 1 is 1.26 bits per heavy atom. The molecule has 3 rings (SSSR count). The molecule has 0 aromatic heterocycles. The average molecular weight is 258 g/mol. The summed E-state index contributed by atoms with van der Waals surface area (Å²) in [6, 6.07) is 9.35. The van der Waals surface area contributed by atoms with E-state index in [2.05, 4.69) is 12.2 Å². The summed E-state index contributed by atoms with van der Waals surface area (Å²) >= 11 is 0. The Bertz CT molecular complexity index is 500. The molecule has 1 saturated carbocycles. The number of carbonyl (C=O) groups excluding carboxylic acids is 2. The first kappa shape index (κ1) is 12.2. The number of amides is 2. The van der Waals surface area contributed by atoms with Crippen molar-refractivity contribution in [2.45, 2.75) is 31.8 Å². The van der Waals surface area contributed by atoms with Crippen LogP contribution < -0.4 is 5.32 Å². The van der Waals surface area contributed by atoms with Crippen molar-refractivity contribution >= 4 is 11.8 Å². The molecule has 3 unspecified atom stereocenters. The predicted molar refractivity (Wildman–Crippen MR) is 71.2 cm³/mol. The van der Waals surface area contributed by atoms with Gasteiger partial charge in [0.1, 0.15) is 6.04 Å². The molecule has 1 aromatic carbocycles. The van der Waals surface area contributed by atoms with Gasteiger partial charge in [0.05, 0.1) is 6.54 Å². The summed E-state index contributed by atoms with van der Waals surface area (Å²) in [5.41, 5.74) is 0.898. The fraction of sp³-hybridized carbons (Fsp3) is 0.467. The highest BCUT2D eigenvalue weighted by Gasteiger charge is 2.49. The molecule has 1 aliphatic heterocycles. The maximum atomic E-state index is 12.2. The molecule has 19 heavy (non-hydrogen) atoms. The van der Waals surface area contributed by atoms with Crippen molar-refractivity contribution < 1.29 is 9.59 Å². The van der Waals surface area contributed by atoms with Gasteiger partial charge in [0.15, 0.2) is 0 Å². The molecule has 1 N–H and O–H groups in total. The highest BCUT2D eigenvalue weighted by atomic mass is 16.2. The van der Waals surface area contributed by atoms with Crippen molar-refractivity contribution in [3.8, 4) is 0 Å². The molecule has 2 aliphatic rings. The second-order valence-corrected chi connectivity index (χ2v) is 5.30. The lowest BCUT2D eigenvalue weighted by Crippen LogP contribution is -2.54. The molecule has 2 fully saturated rings. The van der Waals surface area contributed by atoms with Crippen molar-refractivity contribution in [1.82, 2.24) is 10.2 Å². The van der Waals surface area contributed by atoms with Crippen LogP contribution in [0.15, 0.2) is 30.3 Å². The van der Waals surface area contributed by atoms with Gasteiger partial charge < -0.3 is 10.2 Å². The van der Waals surface area contributed by atoms with Gasteiger partial charge >= 0.3 is 0 Å². The molecule has 4 nitrogen and oxygen atoms in total. The van der Waals surface area contributed by atoms with Gasteiger partial charge in [0.2, 0.25) is 11.8 Å². The molecule has 4 heteroatoms. The minimum atomic E-state index is -0.455. The fourth-order valence-corrected chi connectivity index (χ4v) is 2.96. The van der Waals surface area contributed by atoms with E-state index in [0.717, 1.165) is 18.4 Å². The minimum Gasteiger partial charge on any atom is -0.345 e. The van der Waals surface area contributed by atoms with E-state index in [1.807, 2.05) is 35.2 Å². The van der Waals surface area contributed by atoms with Gasteiger partial charge in [-0.2, -0.15) is 0 Å². The molecule has 1 saturated heterocycles. The van der Waals surface area contributed by atoms with Crippen molar-refractivity contribution in [3.05, 3.63) is 35.9 Å². The average Bonchev–Trinajstić information content (AvgIpc) is 3.21. The van der Waals surface area contributed by atoms with Crippen molar-refractivity contribution in [2.75, 3.05) is 6.54 Å². The topological polar surface area (TPSA) is 49.4 Å². The van der Waals surface area contributed by atoms with E-state index in [1.54, 1.807) is 0 Å². The quantitative estimate of drug-likeness (QED) is 0.893. The Kier molecular flexibility index (Phi) is 3.01. The molecular weight excluding hydrogens is 240 g/mol. The number of carbonyl (C=O) groups is 2. The highest BCUT2D eigenvalue weighted by Crippen LogP contribution is 2.43. The van der Waals surface area contributed by atoms with Crippen LogP contribution in [0.2, 0.25) is 0 Å². The van der Waals surface area contributed by atoms with E-state index < -0.39 is 6.04 Å². The zero-order chi connectivity index (χ0) is 13.4. The van der Waals surface area contributed by atoms with E-state index in [9.17, 15) is 9.59 Å². The van der Waals surface area contributed by atoms with Gasteiger partial charge in [-0.25, -0.2) is 0 Å². The lowest BCUT2D eigenvalue weighted by atomic mass is 10.0. The number of hydrogen-bond donors (Lipinski definition) is 1. The van der Waals surface area contributed by atoms with Crippen LogP contribution in [0.25, 0.3) is 0 Å². The Morgan fingerprint density at radius 3 is 2.63 bits per heavy atom. The van der Waals surface area contributed by atoms with Gasteiger partial charge in [-0.05, 0) is 17.9 Å². The molecule has 0 radical (unpaired) electrons. The molecule has 0 bridgehead atoms. The van der Waals surface area contributed by atoms with Gasteiger partial charge in [-0.1, -0.05) is 43.7 Å². The zero-order valence-corrected chi connectivity index (χ0v) is 11.0. The normalized spacial score (nSPS) is 30.2. The molecule has 1 heterocycles. The third kappa shape index (κ3) is 2.11. The summed E-state index contributed by atoms with van der Waals surface area (Å²) in [6.45, 7) is 2.27. The molecule has 0 spiro atoms. The van der Waals surface area contributed by atoms with E-state index in [1.165, 1.54) is 0 Å². The number of hydrogen-bond acceptors (Lipinski definition) is 2. The number of benzene rings is 1. The van der Waals surface area contributed by atoms with Crippen LogP contribution in [0.1, 0.15) is 31.4 Å². The van der Waals surface area contributed by atoms with Gasteiger partial charge in [0, 0.05) is 6.04 Å². The maximum Gasteiger partial charge on any atom is 0.247 e. The Morgan fingerprint density at radius 2 is 2.00 bits per heavy atom. The standard InChI is InChI=1S/C15H18N2O2/c1-2-10-8-12(10)17-13(18)9-16-15(19)14(17)11-6-4-3-5-7-11/h3-7,10,12,14H,2,8-9H2,1H3,(H,16,19). The van der Waals surface area contributed by atoms with E-state index in [0.29, 0.717) is 5.92 Å². The Balaban J connectivity index is 1.92. The predicted octanol–water partition coefficient (Wildman–Crippen LogP) is 1.48. The molecular formula is C15H18N2O2. The summed E-state index contributed by atoms with van der Waals surface area (Å²) < 4.78 is 0. The molecule has 1 aromatic rings.